The molecule has 1 aliphatic rings. The maximum atomic E-state index is 6.05. The van der Waals surface area contributed by atoms with Crippen LogP contribution >= 0.6 is 23.2 Å². The summed E-state index contributed by atoms with van der Waals surface area (Å²) < 4.78 is 2.27. The maximum absolute atomic E-state index is 6.05. The first kappa shape index (κ1) is 14.2. The highest BCUT2D eigenvalue weighted by molar-refractivity contribution is 6.31. The second-order valence-corrected chi connectivity index (χ2v) is 6.44. The number of aromatic nitrogens is 2. The fraction of sp³-hybridized carbons (Fsp3) is 0.562. The van der Waals surface area contributed by atoms with E-state index in [9.17, 15) is 0 Å². The van der Waals surface area contributed by atoms with E-state index in [-0.39, 0.29) is 0 Å². The lowest BCUT2D eigenvalue weighted by Gasteiger charge is -2.22. The minimum absolute atomic E-state index is 0.455. The molecule has 20 heavy (non-hydrogen) atoms. The third-order valence-corrected chi connectivity index (χ3v) is 4.87. The summed E-state index contributed by atoms with van der Waals surface area (Å²) in [5, 5.41) is 0.732. The van der Waals surface area contributed by atoms with E-state index in [1.165, 1.54) is 38.5 Å². The van der Waals surface area contributed by atoms with Gasteiger partial charge in [0, 0.05) is 11.6 Å². The Morgan fingerprint density at radius 2 is 2.00 bits per heavy atom. The molecule has 108 valence electrons. The molecule has 1 heterocycles. The van der Waals surface area contributed by atoms with Crippen LogP contribution < -0.4 is 0 Å². The van der Waals surface area contributed by atoms with Crippen LogP contribution in [0.2, 0.25) is 5.02 Å². The van der Waals surface area contributed by atoms with Crippen molar-refractivity contribution in [2.45, 2.75) is 50.9 Å². The van der Waals surface area contributed by atoms with Crippen LogP contribution in [0.3, 0.4) is 0 Å². The zero-order valence-corrected chi connectivity index (χ0v) is 13.1. The van der Waals surface area contributed by atoms with E-state index in [2.05, 4.69) is 15.6 Å². The lowest BCUT2D eigenvalue weighted by atomic mass is 9.87. The molecule has 0 unspecified atom stereocenters. The number of aryl methyl sites for hydroxylation is 1. The van der Waals surface area contributed by atoms with Crippen molar-refractivity contribution in [2.24, 2.45) is 5.92 Å². The van der Waals surface area contributed by atoms with Gasteiger partial charge in [-0.25, -0.2) is 4.98 Å². The number of nitrogens with zero attached hydrogens (tertiary/aromatic N) is 2. The quantitative estimate of drug-likeness (QED) is 0.691. The number of imidazole rings is 1. The summed E-state index contributed by atoms with van der Waals surface area (Å²) in [5.41, 5.74) is 2.11. The fourth-order valence-electron chi connectivity index (χ4n) is 3.29. The Morgan fingerprint density at radius 1 is 1.20 bits per heavy atom. The number of hydrogen-bond acceptors (Lipinski definition) is 1. The van der Waals surface area contributed by atoms with Crippen LogP contribution in [0, 0.1) is 5.92 Å². The van der Waals surface area contributed by atoms with Gasteiger partial charge in [0.25, 0.3) is 0 Å². The molecule has 0 radical (unpaired) electrons. The number of hydrogen-bond donors (Lipinski definition) is 0. The summed E-state index contributed by atoms with van der Waals surface area (Å²) in [5.74, 6) is 2.29. The summed E-state index contributed by atoms with van der Waals surface area (Å²) >= 11 is 12.1. The van der Waals surface area contributed by atoms with Crippen molar-refractivity contribution < 1.29 is 0 Å². The molecule has 1 aliphatic carbocycles. The van der Waals surface area contributed by atoms with Crippen molar-refractivity contribution in [1.82, 2.24) is 9.55 Å². The molecular formula is C16H20Cl2N2. The van der Waals surface area contributed by atoms with Gasteiger partial charge in [0.05, 0.1) is 16.9 Å². The first-order valence-corrected chi connectivity index (χ1v) is 8.40. The van der Waals surface area contributed by atoms with Crippen molar-refractivity contribution in [2.75, 3.05) is 0 Å². The average molecular weight is 311 g/mol. The lowest BCUT2D eigenvalue weighted by Crippen LogP contribution is -2.11. The topological polar surface area (TPSA) is 17.8 Å². The Kier molecular flexibility index (Phi) is 4.52. The van der Waals surface area contributed by atoms with Crippen molar-refractivity contribution in [3.63, 3.8) is 0 Å². The Bertz CT molecular complexity index is 585. The fourth-order valence-corrected chi connectivity index (χ4v) is 3.66. The molecule has 0 spiro atoms. The Balaban J connectivity index is 1.81. The molecule has 0 saturated heterocycles. The second-order valence-electron chi connectivity index (χ2n) is 5.74. The zero-order chi connectivity index (χ0) is 13.9. The van der Waals surface area contributed by atoms with Gasteiger partial charge >= 0.3 is 0 Å². The zero-order valence-electron chi connectivity index (χ0n) is 11.6. The molecule has 0 aliphatic heterocycles. The number of halogens is 2. The largest absolute Gasteiger partial charge is 0.327 e. The SMILES string of the molecule is ClCc1nc2cc(Cl)ccc2n1CCC1CCCCC1. The standard InChI is InChI=1S/C16H20Cl2N2/c17-11-16-19-14-10-13(18)6-7-15(14)20(16)9-8-12-4-2-1-3-5-12/h6-7,10,12H,1-5,8-9,11H2. The number of alkyl halides is 1. The predicted molar refractivity (Wildman–Crippen MR) is 85.5 cm³/mol. The van der Waals surface area contributed by atoms with Crippen LogP contribution in [-0.4, -0.2) is 9.55 Å². The molecule has 4 heteroatoms. The summed E-state index contributed by atoms with van der Waals surface area (Å²) in [6.07, 6.45) is 8.21. The van der Waals surface area contributed by atoms with Gasteiger partial charge in [-0.2, -0.15) is 0 Å². The monoisotopic (exact) mass is 310 g/mol. The third kappa shape index (κ3) is 2.96. The molecule has 1 aromatic carbocycles. The molecule has 1 fully saturated rings. The van der Waals surface area contributed by atoms with Crippen LogP contribution in [-0.2, 0) is 12.4 Å². The number of rotatable bonds is 4. The highest BCUT2D eigenvalue weighted by Crippen LogP contribution is 2.28. The number of benzene rings is 1. The molecule has 3 rings (SSSR count). The summed E-state index contributed by atoms with van der Waals surface area (Å²) in [4.78, 5) is 4.60. The van der Waals surface area contributed by atoms with Crippen LogP contribution in [0.5, 0.6) is 0 Å². The van der Waals surface area contributed by atoms with Gasteiger partial charge in [-0.3, -0.25) is 0 Å². The molecule has 0 bridgehead atoms. The highest BCUT2D eigenvalue weighted by Gasteiger charge is 2.15. The maximum Gasteiger partial charge on any atom is 0.124 e. The van der Waals surface area contributed by atoms with E-state index >= 15 is 0 Å². The van der Waals surface area contributed by atoms with Gasteiger partial charge in [0.2, 0.25) is 0 Å². The van der Waals surface area contributed by atoms with Crippen molar-refractivity contribution in [1.29, 1.82) is 0 Å². The van der Waals surface area contributed by atoms with Crippen molar-refractivity contribution >= 4 is 34.2 Å². The molecule has 1 aromatic heterocycles. The van der Waals surface area contributed by atoms with E-state index in [0.29, 0.717) is 5.88 Å². The van der Waals surface area contributed by atoms with Gasteiger partial charge in [-0.05, 0) is 30.5 Å². The van der Waals surface area contributed by atoms with E-state index in [0.717, 1.165) is 34.3 Å². The molecule has 0 atom stereocenters. The molecule has 0 amide bonds. The van der Waals surface area contributed by atoms with Crippen LogP contribution in [0.25, 0.3) is 11.0 Å². The lowest BCUT2D eigenvalue weighted by molar-refractivity contribution is 0.324. The normalized spacial score (nSPS) is 16.9. The molecular weight excluding hydrogens is 291 g/mol. The third-order valence-electron chi connectivity index (χ3n) is 4.39. The Labute approximate surface area is 130 Å². The van der Waals surface area contributed by atoms with E-state index < -0.39 is 0 Å². The van der Waals surface area contributed by atoms with Crippen molar-refractivity contribution in [3.8, 4) is 0 Å². The van der Waals surface area contributed by atoms with Gasteiger partial charge in [0.15, 0.2) is 0 Å². The predicted octanol–water partition coefficient (Wildman–Crippen LogP) is 5.40. The second kappa shape index (κ2) is 6.36. The first-order chi connectivity index (χ1) is 9.78. The van der Waals surface area contributed by atoms with Gasteiger partial charge < -0.3 is 4.57 Å². The Morgan fingerprint density at radius 3 is 2.75 bits per heavy atom. The molecule has 2 nitrogen and oxygen atoms in total. The van der Waals surface area contributed by atoms with Crippen LogP contribution in [0.1, 0.15) is 44.3 Å². The van der Waals surface area contributed by atoms with E-state index in [1.807, 2.05) is 12.1 Å². The molecule has 2 aromatic rings. The van der Waals surface area contributed by atoms with Gasteiger partial charge in [-0.1, -0.05) is 43.7 Å². The van der Waals surface area contributed by atoms with E-state index in [1.54, 1.807) is 0 Å². The molecule has 0 N–H and O–H groups in total. The minimum Gasteiger partial charge on any atom is -0.327 e. The van der Waals surface area contributed by atoms with Gasteiger partial charge in [0.1, 0.15) is 5.82 Å². The highest BCUT2D eigenvalue weighted by atomic mass is 35.5. The summed E-state index contributed by atoms with van der Waals surface area (Å²) in [6.45, 7) is 1.02. The minimum atomic E-state index is 0.455. The summed E-state index contributed by atoms with van der Waals surface area (Å²) in [7, 11) is 0. The van der Waals surface area contributed by atoms with Crippen LogP contribution in [0.4, 0.5) is 0 Å². The summed E-state index contributed by atoms with van der Waals surface area (Å²) in [6, 6.07) is 5.91. The first-order valence-electron chi connectivity index (χ1n) is 7.48. The smallest absolute Gasteiger partial charge is 0.124 e. The van der Waals surface area contributed by atoms with Crippen LogP contribution in [0.15, 0.2) is 18.2 Å². The average Bonchev–Trinajstić information content (AvgIpc) is 2.83. The molecule has 1 saturated carbocycles. The van der Waals surface area contributed by atoms with E-state index in [4.69, 9.17) is 23.2 Å². The van der Waals surface area contributed by atoms with Gasteiger partial charge in [-0.15, -0.1) is 11.6 Å². The van der Waals surface area contributed by atoms with Crippen molar-refractivity contribution in [3.05, 3.63) is 29.0 Å². The number of fused-ring (bicyclic) bond motifs is 1. The Hall–Kier alpha value is -0.730.